The largest absolute Gasteiger partial charge is 0.497 e. The van der Waals surface area contributed by atoms with Crippen molar-refractivity contribution in [3.63, 3.8) is 0 Å². The van der Waals surface area contributed by atoms with Gasteiger partial charge in [-0.3, -0.25) is 4.79 Å². The third-order valence-corrected chi connectivity index (χ3v) is 11.0. The van der Waals surface area contributed by atoms with Gasteiger partial charge in [0.1, 0.15) is 29.0 Å². The Kier molecular flexibility index (Phi) is 10.3. The first-order valence-corrected chi connectivity index (χ1v) is 18.7. The smallest absolute Gasteiger partial charge is 0.416 e. The van der Waals surface area contributed by atoms with Crippen LogP contribution in [0.25, 0.3) is 10.8 Å². The predicted molar refractivity (Wildman–Crippen MR) is 220 cm³/mol. The van der Waals surface area contributed by atoms with E-state index in [0.29, 0.717) is 67.6 Å². The number of carbonyl (C=O) groups is 1. The van der Waals surface area contributed by atoms with Gasteiger partial charge < -0.3 is 24.3 Å². The van der Waals surface area contributed by atoms with Crippen molar-refractivity contribution in [1.82, 2.24) is 0 Å². The fourth-order valence-corrected chi connectivity index (χ4v) is 8.16. The summed E-state index contributed by atoms with van der Waals surface area (Å²) in [5.74, 6) is 0.733. The lowest BCUT2D eigenvalue weighted by Crippen LogP contribution is -2.22. The lowest BCUT2D eigenvalue weighted by molar-refractivity contribution is -0.137. The molecular weight excluding hydrogens is 740 g/mol. The van der Waals surface area contributed by atoms with Crippen LogP contribution in [0.1, 0.15) is 72.7 Å². The topological polar surface area (TPSA) is 66.0 Å². The highest BCUT2D eigenvalue weighted by Crippen LogP contribution is 2.49. The molecule has 0 spiro atoms. The summed E-state index contributed by atoms with van der Waals surface area (Å²) in [6, 6.07) is 42.2. The standard InChI is InChI=1S/C49H40F3NO5/c1-55-35-19-11-30(12-20-35)43(31-13-21-36(56-2)22-14-31)41-27-34(49(50,51)52)28-42(44(32-15-23-37(57-3)24-16-32)33-17-25-38(58-4)26-18-33)46(41)53-47-39-9-5-7-29-8-6-10-40(45(29)39)48(47)54/h5-28,43-44,47,53H,1-4H3. The Bertz CT molecular complexity index is 2370. The summed E-state index contributed by atoms with van der Waals surface area (Å²) in [4.78, 5) is 14.5. The minimum Gasteiger partial charge on any atom is -0.497 e. The number of ketones is 1. The molecule has 1 unspecified atom stereocenters. The lowest BCUT2D eigenvalue weighted by Gasteiger charge is -2.31. The molecule has 292 valence electrons. The van der Waals surface area contributed by atoms with Crippen molar-refractivity contribution >= 4 is 22.2 Å². The number of ether oxygens (including phenoxy) is 4. The fraction of sp³-hybridized carbons (Fsp3) is 0.163. The van der Waals surface area contributed by atoms with Crippen molar-refractivity contribution in [2.45, 2.75) is 24.1 Å². The molecule has 1 aliphatic carbocycles. The molecule has 0 amide bonds. The van der Waals surface area contributed by atoms with E-state index in [0.717, 1.165) is 16.3 Å². The third-order valence-electron chi connectivity index (χ3n) is 11.0. The van der Waals surface area contributed by atoms with E-state index in [4.69, 9.17) is 18.9 Å². The maximum absolute atomic E-state index is 15.5. The first-order valence-electron chi connectivity index (χ1n) is 18.7. The molecule has 0 heterocycles. The first-order chi connectivity index (χ1) is 28.1. The first kappa shape index (κ1) is 38.1. The highest BCUT2D eigenvalue weighted by Gasteiger charge is 2.39. The summed E-state index contributed by atoms with van der Waals surface area (Å²) in [7, 11) is 6.25. The summed E-state index contributed by atoms with van der Waals surface area (Å²) in [5.41, 5.74) is 4.43. The van der Waals surface area contributed by atoms with Gasteiger partial charge in [-0.25, -0.2) is 0 Å². The minimum atomic E-state index is -4.73. The molecule has 1 atom stereocenters. The van der Waals surface area contributed by atoms with E-state index < -0.39 is 29.6 Å². The van der Waals surface area contributed by atoms with Crippen molar-refractivity contribution in [2.75, 3.05) is 33.8 Å². The van der Waals surface area contributed by atoms with Gasteiger partial charge in [-0.05, 0) is 110 Å². The zero-order valence-electron chi connectivity index (χ0n) is 32.3. The Morgan fingerprint density at radius 3 is 1.28 bits per heavy atom. The van der Waals surface area contributed by atoms with Crippen LogP contribution in [0.5, 0.6) is 23.0 Å². The van der Waals surface area contributed by atoms with Crippen molar-refractivity contribution in [3.8, 4) is 23.0 Å². The summed E-state index contributed by atoms with van der Waals surface area (Å²) in [6.07, 6.45) is -4.73. The van der Waals surface area contributed by atoms with Crippen LogP contribution in [-0.2, 0) is 6.18 Å². The van der Waals surface area contributed by atoms with Crippen molar-refractivity contribution in [1.29, 1.82) is 0 Å². The molecule has 0 saturated carbocycles. The molecule has 7 aromatic carbocycles. The number of anilines is 1. The quantitative estimate of drug-likeness (QED) is 0.125. The normalized spacial score (nSPS) is 13.6. The Morgan fingerprint density at radius 2 is 0.914 bits per heavy atom. The molecule has 0 fully saturated rings. The Balaban J connectivity index is 1.47. The maximum Gasteiger partial charge on any atom is 0.416 e. The molecule has 0 bridgehead atoms. The van der Waals surface area contributed by atoms with Gasteiger partial charge in [0, 0.05) is 23.1 Å². The number of Topliss-reactive ketones (excluding diaryl/α,β-unsaturated/α-hetero) is 1. The number of benzene rings is 7. The van der Waals surface area contributed by atoms with E-state index in [-0.39, 0.29) is 5.78 Å². The number of hydrogen-bond acceptors (Lipinski definition) is 6. The Labute approximate surface area is 334 Å². The maximum atomic E-state index is 15.5. The van der Waals surface area contributed by atoms with Gasteiger partial charge in [0.25, 0.3) is 0 Å². The molecule has 0 saturated heterocycles. The molecular formula is C49H40F3NO5. The average Bonchev–Trinajstić information content (AvgIpc) is 3.53. The third kappa shape index (κ3) is 7.08. The number of halogens is 3. The van der Waals surface area contributed by atoms with Crippen LogP contribution in [-0.4, -0.2) is 34.2 Å². The van der Waals surface area contributed by atoms with Gasteiger partial charge in [-0.2, -0.15) is 13.2 Å². The zero-order chi connectivity index (χ0) is 40.6. The molecule has 8 rings (SSSR count). The molecule has 0 aliphatic heterocycles. The second-order valence-corrected chi connectivity index (χ2v) is 14.2. The monoisotopic (exact) mass is 779 g/mol. The molecule has 1 aliphatic rings. The van der Waals surface area contributed by atoms with Gasteiger partial charge in [0.05, 0.1) is 34.0 Å². The van der Waals surface area contributed by atoms with E-state index >= 15 is 13.2 Å². The number of alkyl halides is 3. The predicted octanol–water partition coefficient (Wildman–Crippen LogP) is 11.6. The summed E-state index contributed by atoms with van der Waals surface area (Å²) in [5, 5.41) is 5.36. The van der Waals surface area contributed by atoms with Crippen LogP contribution in [0.4, 0.5) is 18.9 Å². The van der Waals surface area contributed by atoms with Gasteiger partial charge in [0.2, 0.25) is 0 Å². The highest BCUT2D eigenvalue weighted by molar-refractivity contribution is 6.19. The van der Waals surface area contributed by atoms with Crippen molar-refractivity contribution < 1.29 is 36.9 Å². The fourth-order valence-electron chi connectivity index (χ4n) is 8.16. The Hall–Kier alpha value is -6.74. The molecule has 6 nitrogen and oxygen atoms in total. The minimum absolute atomic E-state index is 0.167. The van der Waals surface area contributed by atoms with E-state index in [1.54, 1.807) is 83.0 Å². The number of carbonyl (C=O) groups excluding carboxylic acids is 1. The lowest BCUT2D eigenvalue weighted by atomic mass is 9.77. The number of hydrogen-bond donors (Lipinski definition) is 1. The van der Waals surface area contributed by atoms with E-state index in [9.17, 15) is 4.79 Å². The summed E-state index contributed by atoms with van der Waals surface area (Å²) in [6.45, 7) is 0. The van der Waals surface area contributed by atoms with Gasteiger partial charge in [-0.1, -0.05) is 84.9 Å². The summed E-state index contributed by atoms with van der Waals surface area (Å²) < 4.78 is 68.3. The molecule has 58 heavy (non-hydrogen) atoms. The van der Waals surface area contributed by atoms with Crippen LogP contribution in [0, 0.1) is 0 Å². The molecule has 1 N–H and O–H groups in total. The Morgan fingerprint density at radius 1 is 0.534 bits per heavy atom. The van der Waals surface area contributed by atoms with Crippen LogP contribution in [0.3, 0.4) is 0 Å². The van der Waals surface area contributed by atoms with E-state index in [1.165, 1.54) is 12.1 Å². The van der Waals surface area contributed by atoms with Gasteiger partial charge in [0.15, 0.2) is 5.78 Å². The van der Waals surface area contributed by atoms with Crippen LogP contribution < -0.4 is 24.3 Å². The molecule has 0 aromatic heterocycles. The van der Waals surface area contributed by atoms with Gasteiger partial charge in [-0.15, -0.1) is 0 Å². The molecule has 7 aromatic rings. The number of methoxy groups -OCH3 is 4. The van der Waals surface area contributed by atoms with E-state index in [1.807, 2.05) is 78.9 Å². The average molecular weight is 780 g/mol. The zero-order valence-corrected chi connectivity index (χ0v) is 32.3. The number of rotatable bonds is 12. The van der Waals surface area contributed by atoms with Crippen molar-refractivity contribution in [2.24, 2.45) is 0 Å². The van der Waals surface area contributed by atoms with Crippen LogP contribution >= 0.6 is 0 Å². The van der Waals surface area contributed by atoms with Crippen molar-refractivity contribution in [3.05, 3.63) is 196 Å². The molecule has 0 radical (unpaired) electrons. The van der Waals surface area contributed by atoms with E-state index in [2.05, 4.69) is 5.32 Å². The SMILES string of the molecule is COc1ccc(C(c2ccc(OC)cc2)c2cc(C(F)(F)F)cc(C(c3ccc(OC)cc3)c3ccc(OC)cc3)c2NC2C(=O)c3cccc4cccc2c34)cc1. The second kappa shape index (κ2) is 15.7. The molecule has 9 heteroatoms. The van der Waals surface area contributed by atoms with Crippen LogP contribution in [0.15, 0.2) is 146 Å². The second-order valence-electron chi connectivity index (χ2n) is 14.2. The van der Waals surface area contributed by atoms with Gasteiger partial charge >= 0.3 is 6.18 Å². The summed E-state index contributed by atoms with van der Waals surface area (Å²) >= 11 is 0. The van der Waals surface area contributed by atoms with Crippen LogP contribution in [0.2, 0.25) is 0 Å². The highest BCUT2D eigenvalue weighted by atomic mass is 19.4. The number of nitrogens with one attached hydrogen (secondary N) is 1.